The minimum atomic E-state index is -0.866. The number of benzene rings is 2. The molecule has 2 aromatic carbocycles. The van der Waals surface area contributed by atoms with Crippen molar-refractivity contribution in [3.8, 4) is 0 Å². The molecule has 1 N–H and O–H groups in total. The van der Waals surface area contributed by atoms with Gasteiger partial charge in [-0.25, -0.2) is 9.59 Å². The van der Waals surface area contributed by atoms with Crippen molar-refractivity contribution in [3.63, 3.8) is 0 Å². The number of rotatable bonds is 7. The first-order valence-electron chi connectivity index (χ1n) is 7.43. The highest BCUT2D eigenvalue weighted by atomic mass is 35.5. The van der Waals surface area contributed by atoms with E-state index < -0.39 is 18.1 Å². The number of carbonyl (C=O) groups excluding carboxylic acids is 2. The van der Waals surface area contributed by atoms with E-state index in [2.05, 4.69) is 5.32 Å². The molecule has 2 aromatic rings. The van der Waals surface area contributed by atoms with Gasteiger partial charge in [-0.1, -0.05) is 72.3 Å². The van der Waals surface area contributed by atoms with Crippen molar-refractivity contribution < 1.29 is 19.1 Å². The highest BCUT2D eigenvalue weighted by molar-refractivity contribution is 6.17. The van der Waals surface area contributed by atoms with E-state index in [0.29, 0.717) is 0 Å². The topological polar surface area (TPSA) is 64.6 Å². The fraction of sp³-hybridized carbons (Fsp3) is 0.222. The molecular weight excluding hydrogens is 330 g/mol. The normalized spacial score (nSPS) is 11.4. The zero-order valence-corrected chi connectivity index (χ0v) is 13.7. The summed E-state index contributed by atoms with van der Waals surface area (Å²) in [5, 5.41) is 2.53. The zero-order valence-electron chi connectivity index (χ0n) is 13.0. The van der Waals surface area contributed by atoms with Gasteiger partial charge in [0.1, 0.15) is 12.6 Å². The van der Waals surface area contributed by atoms with Crippen LogP contribution in [0, 0.1) is 0 Å². The van der Waals surface area contributed by atoms with Crippen molar-refractivity contribution in [1.82, 2.24) is 5.32 Å². The second-order valence-corrected chi connectivity index (χ2v) is 5.24. The molecule has 0 heterocycles. The lowest BCUT2D eigenvalue weighted by Gasteiger charge is -2.17. The largest absolute Gasteiger partial charge is 0.448 e. The summed E-state index contributed by atoms with van der Waals surface area (Å²) < 4.78 is 9.93. The Morgan fingerprint density at radius 2 is 1.50 bits per heavy atom. The van der Waals surface area contributed by atoms with Crippen LogP contribution in [-0.2, 0) is 27.3 Å². The van der Waals surface area contributed by atoms with Gasteiger partial charge in [-0.05, 0) is 11.1 Å². The molecule has 24 heavy (non-hydrogen) atoms. The van der Waals surface area contributed by atoms with Crippen molar-refractivity contribution in [2.45, 2.75) is 19.1 Å². The summed E-state index contributed by atoms with van der Waals surface area (Å²) in [4.78, 5) is 23.9. The zero-order chi connectivity index (χ0) is 17.2. The maximum absolute atomic E-state index is 12.0. The van der Waals surface area contributed by atoms with Crippen LogP contribution in [0.4, 0.5) is 4.79 Å². The molecule has 0 bridgehead atoms. The predicted molar refractivity (Wildman–Crippen MR) is 90.5 cm³/mol. The predicted octanol–water partition coefficient (Wildman–Crippen LogP) is 3.26. The molecule has 0 aliphatic rings. The Morgan fingerprint density at radius 1 is 0.917 bits per heavy atom. The molecule has 6 heteroatoms. The molecule has 0 aliphatic heterocycles. The molecule has 0 aromatic heterocycles. The molecule has 0 saturated heterocycles. The van der Waals surface area contributed by atoms with Crippen molar-refractivity contribution in [2.24, 2.45) is 0 Å². The molecule has 1 amide bonds. The lowest BCUT2D eigenvalue weighted by Crippen LogP contribution is -2.43. The second-order valence-electron chi connectivity index (χ2n) is 5.02. The van der Waals surface area contributed by atoms with Crippen molar-refractivity contribution in [2.75, 3.05) is 6.07 Å². The van der Waals surface area contributed by atoms with E-state index in [4.69, 9.17) is 21.1 Å². The molecule has 2 rings (SSSR count). The fourth-order valence-electron chi connectivity index (χ4n) is 2.10. The molecule has 126 valence electrons. The van der Waals surface area contributed by atoms with Gasteiger partial charge in [0.15, 0.2) is 6.07 Å². The van der Waals surface area contributed by atoms with Crippen molar-refractivity contribution >= 4 is 23.7 Å². The summed E-state index contributed by atoms with van der Waals surface area (Å²) in [6.45, 7) is 0.120. The maximum Gasteiger partial charge on any atom is 0.408 e. The first-order chi connectivity index (χ1) is 11.7. The molecule has 1 atom stereocenters. The lowest BCUT2D eigenvalue weighted by atomic mass is 10.1. The summed E-state index contributed by atoms with van der Waals surface area (Å²) in [6.07, 6.45) is -0.400. The standard InChI is InChI=1S/C18H18ClNO4/c19-13-24-17(21)16(11-14-7-3-1-4-8-14)20-18(22)23-12-15-9-5-2-6-10-15/h1-10,16H,11-13H2,(H,20,22)/t16-/m0/s1. The van der Waals surface area contributed by atoms with Gasteiger partial charge < -0.3 is 14.8 Å². The van der Waals surface area contributed by atoms with Crippen LogP contribution < -0.4 is 5.32 Å². The number of ether oxygens (including phenoxy) is 2. The van der Waals surface area contributed by atoms with Gasteiger partial charge in [0.05, 0.1) is 0 Å². The van der Waals surface area contributed by atoms with E-state index in [1.807, 2.05) is 60.7 Å². The van der Waals surface area contributed by atoms with Crippen molar-refractivity contribution in [1.29, 1.82) is 0 Å². The summed E-state index contributed by atoms with van der Waals surface area (Å²) in [7, 11) is 0. The summed E-state index contributed by atoms with van der Waals surface area (Å²) >= 11 is 5.43. The number of alkyl halides is 1. The lowest BCUT2D eigenvalue weighted by molar-refractivity contribution is -0.143. The highest BCUT2D eigenvalue weighted by Crippen LogP contribution is 2.06. The molecule has 0 saturated carbocycles. The molecule has 0 fully saturated rings. The van der Waals surface area contributed by atoms with E-state index in [1.54, 1.807) is 0 Å². The summed E-state index contributed by atoms with van der Waals surface area (Å²) in [6, 6.07) is 17.4. The third kappa shape index (κ3) is 5.93. The maximum atomic E-state index is 12.0. The van der Waals surface area contributed by atoms with Gasteiger partial charge in [-0.3, -0.25) is 0 Å². The van der Waals surface area contributed by atoms with Crippen LogP contribution in [0.25, 0.3) is 0 Å². The number of carbonyl (C=O) groups is 2. The number of nitrogens with one attached hydrogen (secondary N) is 1. The number of alkyl carbamates (subject to hydrolysis) is 1. The SMILES string of the molecule is O=C(N[C@@H](Cc1ccccc1)C(=O)OCCl)OCc1ccccc1. The number of hydrogen-bond acceptors (Lipinski definition) is 4. The average Bonchev–Trinajstić information content (AvgIpc) is 2.61. The Balaban J connectivity index is 1.93. The first-order valence-corrected chi connectivity index (χ1v) is 7.96. The minimum Gasteiger partial charge on any atom is -0.448 e. The second kappa shape index (κ2) is 9.57. The highest BCUT2D eigenvalue weighted by Gasteiger charge is 2.23. The monoisotopic (exact) mass is 347 g/mol. The molecule has 0 radical (unpaired) electrons. The Hall–Kier alpha value is -2.53. The Morgan fingerprint density at radius 3 is 2.08 bits per heavy atom. The van der Waals surface area contributed by atoms with Gasteiger partial charge in [0.2, 0.25) is 0 Å². The Labute approximate surface area is 145 Å². The van der Waals surface area contributed by atoms with Crippen molar-refractivity contribution in [3.05, 3.63) is 71.8 Å². The summed E-state index contributed by atoms with van der Waals surface area (Å²) in [5.74, 6) is -0.606. The van der Waals surface area contributed by atoms with E-state index >= 15 is 0 Å². The van der Waals surface area contributed by atoms with Crippen LogP contribution in [0.3, 0.4) is 0 Å². The van der Waals surface area contributed by atoms with Gasteiger partial charge in [-0.2, -0.15) is 0 Å². The number of esters is 1. The Kier molecular flexibility index (Phi) is 7.11. The van der Waals surface area contributed by atoms with E-state index in [9.17, 15) is 9.59 Å². The molecule has 5 nitrogen and oxygen atoms in total. The molecule has 0 aliphatic carbocycles. The average molecular weight is 348 g/mol. The fourth-order valence-corrected chi connectivity index (χ4v) is 2.21. The first kappa shape index (κ1) is 17.8. The smallest absolute Gasteiger partial charge is 0.408 e. The minimum absolute atomic E-state index is 0.120. The number of amides is 1. The Bertz CT molecular complexity index is 649. The van der Waals surface area contributed by atoms with Crippen LogP contribution in [0.1, 0.15) is 11.1 Å². The quantitative estimate of drug-likeness (QED) is 0.616. The number of halogens is 1. The molecule has 0 spiro atoms. The van der Waals surface area contributed by atoms with E-state index in [1.165, 1.54) is 0 Å². The number of hydrogen-bond donors (Lipinski definition) is 1. The third-order valence-electron chi connectivity index (χ3n) is 3.27. The third-order valence-corrected chi connectivity index (χ3v) is 3.38. The van der Waals surface area contributed by atoms with E-state index in [-0.39, 0.29) is 19.1 Å². The molecule has 0 unspecified atom stereocenters. The molecular formula is C18H18ClNO4. The summed E-state index contributed by atoms with van der Waals surface area (Å²) in [5.41, 5.74) is 1.74. The van der Waals surface area contributed by atoms with Crippen LogP contribution in [0.2, 0.25) is 0 Å². The van der Waals surface area contributed by atoms with Gasteiger partial charge in [-0.15, -0.1) is 0 Å². The van der Waals surface area contributed by atoms with Crippen LogP contribution >= 0.6 is 11.6 Å². The van der Waals surface area contributed by atoms with Crippen LogP contribution in [0.15, 0.2) is 60.7 Å². The van der Waals surface area contributed by atoms with Crippen LogP contribution in [-0.4, -0.2) is 24.2 Å². The van der Waals surface area contributed by atoms with Gasteiger partial charge >= 0.3 is 12.1 Å². The van der Waals surface area contributed by atoms with Gasteiger partial charge in [0, 0.05) is 6.42 Å². The van der Waals surface area contributed by atoms with E-state index in [0.717, 1.165) is 11.1 Å². The van der Waals surface area contributed by atoms with Gasteiger partial charge in [0.25, 0.3) is 0 Å². The van der Waals surface area contributed by atoms with Crippen LogP contribution in [0.5, 0.6) is 0 Å².